The molecule has 1 aromatic heterocycles. The molecule has 3 heterocycles. The Labute approximate surface area is 173 Å². The molecule has 0 aliphatic carbocycles. The number of rotatable bonds is 5. The van der Waals surface area contributed by atoms with Gasteiger partial charge in [0.25, 0.3) is 0 Å². The predicted octanol–water partition coefficient (Wildman–Crippen LogP) is 2.10. The maximum absolute atomic E-state index is 13.4. The molecule has 29 heavy (non-hydrogen) atoms. The van der Waals surface area contributed by atoms with E-state index in [9.17, 15) is 9.59 Å². The van der Waals surface area contributed by atoms with Crippen molar-refractivity contribution >= 4 is 35.0 Å². The molecular formula is C19H24N6O3S. The third-order valence-electron chi connectivity index (χ3n) is 5.26. The first-order valence-electron chi connectivity index (χ1n) is 9.67. The van der Waals surface area contributed by atoms with Gasteiger partial charge in [0, 0.05) is 6.61 Å². The van der Waals surface area contributed by atoms with Crippen molar-refractivity contribution in [1.29, 1.82) is 0 Å². The van der Waals surface area contributed by atoms with E-state index in [1.54, 1.807) is 29.5 Å². The Morgan fingerprint density at radius 3 is 2.97 bits per heavy atom. The number of nitrogens with zero attached hydrogens (tertiary/aromatic N) is 5. The number of aromatic nitrogens is 4. The van der Waals surface area contributed by atoms with Gasteiger partial charge in [0.05, 0.1) is 29.3 Å². The molecule has 1 N–H and O–H groups in total. The number of para-hydroxylation sites is 2. The smallest absolute Gasteiger partial charge is 0.250 e. The highest BCUT2D eigenvalue weighted by Crippen LogP contribution is 2.38. The van der Waals surface area contributed by atoms with Crippen molar-refractivity contribution in [3.8, 4) is 0 Å². The van der Waals surface area contributed by atoms with Crippen molar-refractivity contribution in [3.05, 3.63) is 24.3 Å². The third kappa shape index (κ3) is 3.74. The molecule has 2 aromatic rings. The number of benzene rings is 1. The van der Waals surface area contributed by atoms with E-state index in [1.807, 2.05) is 25.1 Å². The van der Waals surface area contributed by atoms with E-state index in [4.69, 9.17) is 4.74 Å². The van der Waals surface area contributed by atoms with Crippen LogP contribution in [-0.4, -0.2) is 55.5 Å². The van der Waals surface area contributed by atoms with Crippen LogP contribution in [0.15, 0.2) is 29.4 Å². The summed E-state index contributed by atoms with van der Waals surface area (Å²) in [5, 5.41) is 14.8. The van der Waals surface area contributed by atoms with Crippen LogP contribution in [0.25, 0.3) is 0 Å². The zero-order chi connectivity index (χ0) is 20.6. The summed E-state index contributed by atoms with van der Waals surface area (Å²) in [4.78, 5) is 27.6. The second-order valence-corrected chi connectivity index (χ2v) is 9.05. The molecule has 0 unspecified atom stereocenters. The molecule has 2 amide bonds. The van der Waals surface area contributed by atoms with E-state index in [-0.39, 0.29) is 17.9 Å². The highest BCUT2D eigenvalue weighted by Gasteiger charge is 2.45. The molecule has 0 saturated carbocycles. The van der Waals surface area contributed by atoms with Crippen LogP contribution in [0.4, 0.5) is 11.4 Å². The number of carbonyl (C=O) groups excluding carboxylic acids is 2. The van der Waals surface area contributed by atoms with Gasteiger partial charge in [-0.25, -0.2) is 4.68 Å². The predicted molar refractivity (Wildman–Crippen MR) is 109 cm³/mol. The highest BCUT2D eigenvalue weighted by molar-refractivity contribution is 8.00. The van der Waals surface area contributed by atoms with Crippen molar-refractivity contribution in [2.24, 2.45) is 0 Å². The monoisotopic (exact) mass is 416 g/mol. The summed E-state index contributed by atoms with van der Waals surface area (Å²) in [7, 11) is 0. The lowest BCUT2D eigenvalue weighted by atomic mass is 9.96. The zero-order valence-electron chi connectivity index (χ0n) is 16.7. The Morgan fingerprint density at radius 1 is 1.41 bits per heavy atom. The number of hydrogen-bond acceptors (Lipinski definition) is 7. The van der Waals surface area contributed by atoms with Gasteiger partial charge in [0.2, 0.25) is 17.0 Å². The van der Waals surface area contributed by atoms with Gasteiger partial charge in [0.15, 0.2) is 0 Å². The fourth-order valence-electron chi connectivity index (χ4n) is 3.61. The van der Waals surface area contributed by atoms with Crippen LogP contribution in [-0.2, 0) is 20.9 Å². The average molecular weight is 417 g/mol. The number of fused-ring (bicyclic) bond motifs is 1. The molecule has 9 nitrogen and oxygen atoms in total. The number of nitrogens with one attached hydrogen (secondary N) is 1. The molecule has 1 saturated heterocycles. The maximum atomic E-state index is 13.4. The first-order chi connectivity index (χ1) is 13.9. The maximum Gasteiger partial charge on any atom is 0.250 e. The van der Waals surface area contributed by atoms with Crippen LogP contribution in [0.5, 0.6) is 0 Å². The Morgan fingerprint density at radius 2 is 2.21 bits per heavy atom. The molecule has 0 radical (unpaired) electrons. The Balaban J connectivity index is 1.55. The lowest BCUT2D eigenvalue weighted by molar-refractivity contribution is -0.126. The van der Waals surface area contributed by atoms with Gasteiger partial charge in [0.1, 0.15) is 5.54 Å². The second-order valence-electron chi connectivity index (χ2n) is 7.74. The molecule has 2 aliphatic heterocycles. The lowest BCUT2D eigenvalue weighted by Crippen LogP contribution is -2.60. The number of thioether (sulfide) groups is 1. The van der Waals surface area contributed by atoms with Crippen molar-refractivity contribution in [3.63, 3.8) is 0 Å². The Hall–Kier alpha value is -2.46. The molecule has 1 fully saturated rings. The summed E-state index contributed by atoms with van der Waals surface area (Å²) < 4.78 is 7.35. The normalized spacial score (nSPS) is 21.6. The fraction of sp³-hybridized carbons (Fsp3) is 0.526. The Kier molecular flexibility index (Phi) is 5.30. The van der Waals surface area contributed by atoms with Gasteiger partial charge in [-0.15, -0.1) is 5.10 Å². The molecule has 2 atom stereocenters. The van der Waals surface area contributed by atoms with E-state index in [0.29, 0.717) is 23.1 Å². The summed E-state index contributed by atoms with van der Waals surface area (Å²) in [5.74, 6) is -0.390. The summed E-state index contributed by atoms with van der Waals surface area (Å²) in [6.07, 6.45) is 2.11. The van der Waals surface area contributed by atoms with E-state index >= 15 is 0 Å². The average Bonchev–Trinajstić information content (AvgIpc) is 3.35. The molecule has 1 aromatic carbocycles. The second kappa shape index (κ2) is 7.75. The van der Waals surface area contributed by atoms with E-state index in [2.05, 4.69) is 20.8 Å². The van der Waals surface area contributed by atoms with Crippen LogP contribution < -0.4 is 10.2 Å². The zero-order valence-corrected chi connectivity index (χ0v) is 17.5. The molecule has 10 heteroatoms. The van der Waals surface area contributed by atoms with Crippen molar-refractivity contribution < 1.29 is 14.3 Å². The number of hydrogen-bond donors (Lipinski definition) is 1. The summed E-state index contributed by atoms with van der Waals surface area (Å²) in [6.45, 7) is 6.62. The SMILES string of the molecule is C[C@@H](Sc1nnnn1C[C@H]1CCCO1)C(=O)N1c2ccccc2NC(=O)C1(C)C. The molecule has 0 bridgehead atoms. The van der Waals surface area contributed by atoms with Crippen molar-refractivity contribution in [2.75, 3.05) is 16.8 Å². The quantitative estimate of drug-likeness (QED) is 0.745. The molecule has 0 spiro atoms. The lowest BCUT2D eigenvalue weighted by Gasteiger charge is -2.43. The third-order valence-corrected chi connectivity index (χ3v) is 6.32. The van der Waals surface area contributed by atoms with Crippen LogP contribution >= 0.6 is 11.8 Å². The summed E-state index contributed by atoms with van der Waals surface area (Å²) in [6, 6.07) is 7.32. The highest BCUT2D eigenvalue weighted by atomic mass is 32.2. The van der Waals surface area contributed by atoms with E-state index < -0.39 is 10.8 Å². The van der Waals surface area contributed by atoms with Gasteiger partial charge in [-0.05, 0) is 56.2 Å². The molecule has 154 valence electrons. The van der Waals surface area contributed by atoms with Crippen molar-refractivity contribution in [2.45, 2.75) is 62.2 Å². The molecular weight excluding hydrogens is 392 g/mol. The van der Waals surface area contributed by atoms with Gasteiger partial charge < -0.3 is 10.1 Å². The van der Waals surface area contributed by atoms with E-state index in [0.717, 1.165) is 19.4 Å². The molecule has 4 rings (SSSR count). The number of carbonyl (C=O) groups is 2. The Bertz CT molecular complexity index is 924. The van der Waals surface area contributed by atoms with Crippen LogP contribution in [0.2, 0.25) is 0 Å². The minimum absolute atomic E-state index is 0.0976. The van der Waals surface area contributed by atoms with Crippen LogP contribution in [0.3, 0.4) is 0 Å². The number of anilines is 2. The minimum Gasteiger partial charge on any atom is -0.376 e. The topological polar surface area (TPSA) is 102 Å². The summed E-state index contributed by atoms with van der Waals surface area (Å²) >= 11 is 1.29. The van der Waals surface area contributed by atoms with Gasteiger partial charge in [-0.3, -0.25) is 14.5 Å². The number of tetrazole rings is 1. The van der Waals surface area contributed by atoms with Gasteiger partial charge >= 0.3 is 0 Å². The van der Waals surface area contributed by atoms with E-state index in [1.165, 1.54) is 11.8 Å². The summed E-state index contributed by atoms with van der Waals surface area (Å²) in [5.41, 5.74) is 0.309. The van der Waals surface area contributed by atoms with Crippen LogP contribution in [0.1, 0.15) is 33.6 Å². The van der Waals surface area contributed by atoms with Crippen molar-refractivity contribution in [1.82, 2.24) is 20.2 Å². The number of ether oxygens (including phenoxy) is 1. The first-order valence-corrected chi connectivity index (χ1v) is 10.5. The van der Waals surface area contributed by atoms with Crippen LogP contribution in [0, 0.1) is 0 Å². The largest absolute Gasteiger partial charge is 0.376 e. The standard InChI is InChI=1S/C19H24N6O3S/c1-12(29-18-21-22-23-24(18)11-13-7-6-10-28-13)16(26)25-15-9-5-4-8-14(15)20-17(27)19(25,2)3/h4-5,8-9,12-13H,6-7,10-11H2,1-3H3,(H,20,27)/t12-,13-/m1/s1. The van der Waals surface area contributed by atoms with Gasteiger partial charge in [-0.1, -0.05) is 23.9 Å². The van der Waals surface area contributed by atoms with Gasteiger partial charge in [-0.2, -0.15) is 0 Å². The molecule has 2 aliphatic rings. The first kappa shape index (κ1) is 19.8. The number of amides is 2. The minimum atomic E-state index is -1.01. The fourth-order valence-corrected chi connectivity index (χ4v) is 4.45.